The van der Waals surface area contributed by atoms with Gasteiger partial charge >= 0.3 is 0 Å². The van der Waals surface area contributed by atoms with Crippen molar-refractivity contribution in [1.82, 2.24) is 5.32 Å². The monoisotopic (exact) mass is 317 g/mol. The molecular weight excluding hydrogens is 294 g/mol. The number of hydrogen-bond acceptors (Lipinski definition) is 4. The molecule has 0 saturated heterocycles. The summed E-state index contributed by atoms with van der Waals surface area (Å²) in [4.78, 5) is 12.0. The van der Waals surface area contributed by atoms with Crippen LogP contribution in [0.4, 0.5) is 0 Å². The van der Waals surface area contributed by atoms with Gasteiger partial charge in [-0.1, -0.05) is 18.2 Å². The summed E-state index contributed by atoms with van der Waals surface area (Å²) in [6.45, 7) is 5.72. The molecule has 0 radical (unpaired) electrons. The van der Waals surface area contributed by atoms with Crippen molar-refractivity contribution in [2.24, 2.45) is 0 Å². The molecule has 2 rings (SSSR count). The van der Waals surface area contributed by atoms with E-state index in [0.717, 1.165) is 11.3 Å². The molecule has 0 aliphatic heterocycles. The molecule has 0 saturated carbocycles. The molecule has 1 aromatic heterocycles. The number of furan rings is 1. The molecule has 0 aliphatic carbocycles. The topological polar surface area (TPSA) is 71.7 Å². The fourth-order valence-corrected chi connectivity index (χ4v) is 2.37. The third-order valence-electron chi connectivity index (χ3n) is 3.58. The Morgan fingerprint density at radius 2 is 2.00 bits per heavy atom. The second-order valence-corrected chi connectivity index (χ2v) is 5.54. The number of hydrogen-bond donors (Lipinski definition) is 2. The molecule has 5 heteroatoms. The van der Waals surface area contributed by atoms with Crippen molar-refractivity contribution in [3.63, 3.8) is 0 Å². The van der Waals surface area contributed by atoms with Crippen molar-refractivity contribution < 1.29 is 19.1 Å². The summed E-state index contributed by atoms with van der Waals surface area (Å²) in [7, 11) is 0. The molecule has 124 valence electrons. The lowest BCUT2D eigenvalue weighted by molar-refractivity contribution is -0.127. The first-order valence-corrected chi connectivity index (χ1v) is 7.71. The second-order valence-electron chi connectivity index (χ2n) is 5.54. The summed E-state index contributed by atoms with van der Waals surface area (Å²) in [5.41, 5.74) is 0.769. The zero-order valence-corrected chi connectivity index (χ0v) is 13.7. The van der Waals surface area contributed by atoms with Crippen LogP contribution in [0.2, 0.25) is 0 Å². The molecule has 2 N–H and O–H groups in total. The molecule has 23 heavy (non-hydrogen) atoms. The number of nitrogens with one attached hydrogen (secondary N) is 1. The number of benzene rings is 1. The predicted octanol–water partition coefficient (Wildman–Crippen LogP) is 2.90. The van der Waals surface area contributed by atoms with E-state index in [1.54, 1.807) is 19.1 Å². The number of aliphatic hydroxyl groups excluding tert-OH is 1. The van der Waals surface area contributed by atoms with Crippen LogP contribution in [0.3, 0.4) is 0 Å². The van der Waals surface area contributed by atoms with Crippen molar-refractivity contribution in [3.05, 3.63) is 53.5 Å². The Morgan fingerprint density at radius 1 is 1.30 bits per heavy atom. The molecule has 5 nitrogen and oxygen atoms in total. The van der Waals surface area contributed by atoms with Gasteiger partial charge in [0.05, 0.1) is 6.10 Å². The Hall–Kier alpha value is -2.27. The number of ether oxygens (including phenoxy) is 1. The van der Waals surface area contributed by atoms with Gasteiger partial charge in [-0.3, -0.25) is 4.79 Å². The van der Waals surface area contributed by atoms with Crippen LogP contribution in [-0.4, -0.2) is 23.7 Å². The quantitative estimate of drug-likeness (QED) is 0.823. The molecule has 0 fully saturated rings. The maximum Gasteiger partial charge on any atom is 0.260 e. The number of carbonyl (C=O) groups excluding carboxylic acids is 1. The van der Waals surface area contributed by atoms with Gasteiger partial charge in [-0.05, 0) is 45.4 Å². The summed E-state index contributed by atoms with van der Waals surface area (Å²) < 4.78 is 11.0. The molecule has 0 aliphatic rings. The summed E-state index contributed by atoms with van der Waals surface area (Å²) in [6.07, 6.45) is -0.825. The standard InChI is InChI=1S/C18H23NO4/c1-12-11-16(13(2)22-12)17(20)9-10-19-18(21)14(3)23-15-7-5-4-6-8-15/h4-8,11,14,17,20H,9-10H2,1-3H3,(H,19,21). The highest BCUT2D eigenvalue weighted by Crippen LogP contribution is 2.23. The van der Waals surface area contributed by atoms with Gasteiger partial charge in [-0.25, -0.2) is 0 Å². The summed E-state index contributed by atoms with van der Waals surface area (Å²) in [6, 6.07) is 11.0. The maximum atomic E-state index is 12.0. The van der Waals surface area contributed by atoms with Gasteiger partial charge in [0, 0.05) is 12.1 Å². The normalized spacial score (nSPS) is 13.4. The minimum absolute atomic E-state index is 0.207. The third-order valence-corrected chi connectivity index (χ3v) is 3.58. The van der Waals surface area contributed by atoms with E-state index in [1.165, 1.54) is 0 Å². The Bertz CT molecular complexity index is 636. The van der Waals surface area contributed by atoms with Crippen molar-refractivity contribution in [3.8, 4) is 5.75 Å². The average molecular weight is 317 g/mol. The molecule has 2 atom stereocenters. The number of para-hydroxylation sites is 1. The number of rotatable bonds is 7. The zero-order valence-electron chi connectivity index (χ0n) is 13.7. The maximum absolute atomic E-state index is 12.0. The highest BCUT2D eigenvalue weighted by Gasteiger charge is 2.17. The molecule has 1 amide bonds. The van der Waals surface area contributed by atoms with E-state index >= 15 is 0 Å². The Labute approximate surface area is 136 Å². The number of aryl methyl sites for hydroxylation is 2. The number of amides is 1. The van der Waals surface area contributed by atoms with Crippen molar-refractivity contribution in [1.29, 1.82) is 0 Å². The van der Waals surface area contributed by atoms with Crippen LogP contribution in [0, 0.1) is 13.8 Å². The van der Waals surface area contributed by atoms with E-state index in [4.69, 9.17) is 9.15 Å². The van der Waals surface area contributed by atoms with E-state index in [9.17, 15) is 9.90 Å². The minimum Gasteiger partial charge on any atom is -0.481 e. The highest BCUT2D eigenvalue weighted by atomic mass is 16.5. The lowest BCUT2D eigenvalue weighted by atomic mass is 10.1. The van der Waals surface area contributed by atoms with E-state index in [0.29, 0.717) is 24.5 Å². The van der Waals surface area contributed by atoms with Gasteiger partial charge in [0.1, 0.15) is 17.3 Å². The molecule has 2 unspecified atom stereocenters. The van der Waals surface area contributed by atoms with Gasteiger partial charge in [0.15, 0.2) is 6.10 Å². The van der Waals surface area contributed by atoms with E-state index < -0.39 is 12.2 Å². The molecule has 1 aromatic carbocycles. The van der Waals surface area contributed by atoms with Crippen LogP contribution in [0.1, 0.15) is 36.5 Å². The fraction of sp³-hybridized carbons (Fsp3) is 0.389. The third kappa shape index (κ3) is 4.86. The van der Waals surface area contributed by atoms with Crippen molar-refractivity contribution >= 4 is 5.91 Å². The summed E-state index contributed by atoms with van der Waals surface area (Å²) in [5.74, 6) is 1.92. The average Bonchev–Trinajstić information content (AvgIpc) is 2.86. The largest absolute Gasteiger partial charge is 0.481 e. The smallest absolute Gasteiger partial charge is 0.260 e. The van der Waals surface area contributed by atoms with Crippen molar-refractivity contribution in [2.75, 3.05) is 6.54 Å². The predicted molar refractivity (Wildman–Crippen MR) is 87.3 cm³/mol. The molecular formula is C18H23NO4. The highest BCUT2D eigenvalue weighted by molar-refractivity contribution is 5.80. The van der Waals surface area contributed by atoms with Gasteiger partial charge in [0.2, 0.25) is 0 Å². The van der Waals surface area contributed by atoms with Crippen LogP contribution in [0.5, 0.6) is 5.75 Å². The summed E-state index contributed by atoms with van der Waals surface area (Å²) >= 11 is 0. The van der Waals surface area contributed by atoms with E-state index in [2.05, 4.69) is 5.32 Å². The first kappa shape index (κ1) is 17.1. The summed E-state index contributed by atoms with van der Waals surface area (Å²) in [5, 5.41) is 12.9. The van der Waals surface area contributed by atoms with Gasteiger partial charge < -0.3 is 19.6 Å². The lowest BCUT2D eigenvalue weighted by Crippen LogP contribution is -2.37. The minimum atomic E-state index is -0.655. The fourth-order valence-electron chi connectivity index (χ4n) is 2.37. The van der Waals surface area contributed by atoms with Gasteiger partial charge in [-0.2, -0.15) is 0 Å². The number of carbonyl (C=O) groups is 1. The van der Waals surface area contributed by atoms with Crippen LogP contribution >= 0.6 is 0 Å². The molecule has 1 heterocycles. The molecule has 0 bridgehead atoms. The van der Waals surface area contributed by atoms with Crippen LogP contribution in [-0.2, 0) is 4.79 Å². The van der Waals surface area contributed by atoms with Crippen LogP contribution in [0.15, 0.2) is 40.8 Å². The second kappa shape index (κ2) is 7.83. The SMILES string of the molecule is Cc1cc(C(O)CCNC(=O)C(C)Oc2ccccc2)c(C)o1. The zero-order chi connectivity index (χ0) is 16.8. The first-order valence-electron chi connectivity index (χ1n) is 7.71. The van der Waals surface area contributed by atoms with E-state index in [-0.39, 0.29) is 5.91 Å². The number of aliphatic hydroxyl groups is 1. The van der Waals surface area contributed by atoms with Crippen LogP contribution < -0.4 is 10.1 Å². The van der Waals surface area contributed by atoms with Gasteiger partial charge in [-0.15, -0.1) is 0 Å². The van der Waals surface area contributed by atoms with E-state index in [1.807, 2.05) is 38.1 Å². The van der Waals surface area contributed by atoms with Crippen LogP contribution in [0.25, 0.3) is 0 Å². The Morgan fingerprint density at radius 3 is 2.61 bits per heavy atom. The lowest BCUT2D eigenvalue weighted by Gasteiger charge is -2.15. The molecule has 0 spiro atoms. The Balaban J connectivity index is 1.77. The molecule has 2 aromatic rings. The van der Waals surface area contributed by atoms with Crippen molar-refractivity contribution in [2.45, 2.75) is 39.4 Å². The first-order chi connectivity index (χ1) is 11.0. The van der Waals surface area contributed by atoms with Gasteiger partial charge in [0.25, 0.3) is 5.91 Å². The Kier molecular flexibility index (Phi) is 5.82.